The predicted molar refractivity (Wildman–Crippen MR) is 41.4 cm³/mol. The van der Waals surface area contributed by atoms with Crippen LogP contribution in [0.4, 0.5) is 0 Å². The van der Waals surface area contributed by atoms with Crippen LogP contribution in [0.5, 0.6) is 0 Å². The maximum atomic E-state index is 11.1. The second kappa shape index (κ2) is 3.46. The summed E-state index contributed by atoms with van der Waals surface area (Å²) in [6.45, 7) is 2.00. The number of nitrogens with zero attached hydrogens (tertiary/aromatic N) is 1. The van der Waals surface area contributed by atoms with E-state index in [0.29, 0.717) is 6.42 Å². The van der Waals surface area contributed by atoms with Gasteiger partial charge in [-0.25, -0.2) is 0 Å². The van der Waals surface area contributed by atoms with Gasteiger partial charge < -0.3 is 0 Å². The molecule has 1 heterocycles. The monoisotopic (exact) mass is 155 g/mol. The normalized spacial score (nSPS) is 9.70. The summed E-state index contributed by atoms with van der Waals surface area (Å²) in [4.78, 5) is 15.7. The third kappa shape index (κ3) is 1.64. The van der Waals surface area contributed by atoms with Gasteiger partial charge in [-0.2, -0.15) is 0 Å². The molecule has 0 fully saturated rings. The predicted octanol–water partition coefficient (Wildman–Crippen LogP) is 2.13. The van der Waals surface area contributed by atoms with Gasteiger partial charge in [-0.05, 0) is 6.42 Å². The van der Waals surface area contributed by atoms with Gasteiger partial charge in [-0.15, -0.1) is 11.3 Å². The van der Waals surface area contributed by atoms with Crippen molar-refractivity contribution in [1.29, 1.82) is 0 Å². The summed E-state index contributed by atoms with van der Waals surface area (Å²) in [5.41, 5.74) is 1.68. The molecule has 0 saturated carbocycles. The van der Waals surface area contributed by atoms with Crippen molar-refractivity contribution in [3.63, 3.8) is 0 Å². The van der Waals surface area contributed by atoms with Crippen molar-refractivity contribution in [2.45, 2.75) is 19.8 Å². The van der Waals surface area contributed by atoms with Crippen molar-refractivity contribution in [1.82, 2.24) is 4.98 Å². The van der Waals surface area contributed by atoms with E-state index >= 15 is 0 Å². The minimum absolute atomic E-state index is 0.213. The molecule has 0 atom stereocenters. The number of Topliss-reactive ketones (excluding diaryl/α,β-unsaturated/α-hetero) is 1. The summed E-state index contributed by atoms with van der Waals surface area (Å²) in [5, 5.41) is 0. The Bertz CT molecular complexity index is 205. The van der Waals surface area contributed by atoms with Crippen molar-refractivity contribution in [2.75, 3.05) is 0 Å². The van der Waals surface area contributed by atoms with E-state index in [1.165, 1.54) is 11.3 Å². The summed E-state index contributed by atoms with van der Waals surface area (Å²) in [6.07, 6.45) is 3.18. The number of hydrogen-bond acceptors (Lipinski definition) is 3. The van der Waals surface area contributed by atoms with Crippen LogP contribution in [0.3, 0.4) is 0 Å². The van der Waals surface area contributed by atoms with Crippen molar-refractivity contribution in [3.8, 4) is 0 Å². The highest BCUT2D eigenvalue weighted by molar-refractivity contribution is 7.11. The van der Waals surface area contributed by atoms with E-state index in [4.69, 9.17) is 0 Å². The lowest BCUT2D eigenvalue weighted by Gasteiger charge is -1.89. The minimum Gasteiger partial charge on any atom is -0.293 e. The van der Waals surface area contributed by atoms with E-state index in [0.717, 1.165) is 11.3 Å². The molecule has 0 aromatic carbocycles. The molecule has 3 heteroatoms. The smallest absolute Gasteiger partial charge is 0.174 e. The molecule has 1 aromatic rings. The highest BCUT2D eigenvalue weighted by Gasteiger charge is 2.04. The Morgan fingerprint density at radius 3 is 3.10 bits per heavy atom. The summed E-state index contributed by atoms with van der Waals surface area (Å²) in [6, 6.07) is 0. The van der Waals surface area contributed by atoms with E-state index in [-0.39, 0.29) is 5.78 Å². The van der Waals surface area contributed by atoms with Gasteiger partial charge in [-0.1, -0.05) is 6.92 Å². The molecular weight excluding hydrogens is 146 g/mol. The number of ketones is 1. The Morgan fingerprint density at radius 2 is 2.60 bits per heavy atom. The lowest BCUT2D eigenvalue weighted by atomic mass is 10.2. The molecule has 0 aliphatic rings. The van der Waals surface area contributed by atoms with Crippen LogP contribution in [-0.4, -0.2) is 10.8 Å². The summed E-state index contributed by atoms with van der Waals surface area (Å²) < 4.78 is 0. The summed E-state index contributed by atoms with van der Waals surface area (Å²) in [5.74, 6) is 0.213. The molecular formula is C7H9NOS. The van der Waals surface area contributed by atoms with Crippen LogP contribution in [0.1, 0.15) is 29.4 Å². The summed E-state index contributed by atoms with van der Waals surface area (Å²) >= 11 is 1.41. The van der Waals surface area contributed by atoms with E-state index < -0.39 is 0 Å². The molecule has 0 unspecified atom stereocenters. The SMILES string of the molecule is CCCC(=O)c1cncs1. The molecule has 0 amide bonds. The van der Waals surface area contributed by atoms with Gasteiger partial charge in [0.1, 0.15) is 0 Å². The van der Waals surface area contributed by atoms with Gasteiger partial charge in [0, 0.05) is 12.6 Å². The van der Waals surface area contributed by atoms with Gasteiger partial charge in [0.15, 0.2) is 5.78 Å². The highest BCUT2D eigenvalue weighted by atomic mass is 32.1. The number of rotatable bonds is 3. The maximum absolute atomic E-state index is 11.1. The zero-order valence-electron chi connectivity index (χ0n) is 5.83. The Labute approximate surface area is 63.9 Å². The van der Waals surface area contributed by atoms with Crippen molar-refractivity contribution < 1.29 is 4.79 Å². The van der Waals surface area contributed by atoms with Gasteiger partial charge >= 0.3 is 0 Å². The molecule has 1 aromatic heterocycles. The fraction of sp³-hybridized carbons (Fsp3) is 0.429. The lowest BCUT2D eigenvalue weighted by molar-refractivity contribution is 0.0985. The maximum Gasteiger partial charge on any atom is 0.174 e. The Hall–Kier alpha value is -0.700. The van der Waals surface area contributed by atoms with Crippen LogP contribution < -0.4 is 0 Å². The average Bonchev–Trinajstić information content (AvgIpc) is 2.38. The lowest BCUT2D eigenvalue weighted by Crippen LogP contribution is -1.93. The second-order valence-electron chi connectivity index (χ2n) is 2.04. The first kappa shape index (κ1) is 7.41. The van der Waals surface area contributed by atoms with E-state index in [9.17, 15) is 4.79 Å². The fourth-order valence-corrected chi connectivity index (χ4v) is 1.29. The molecule has 54 valence electrons. The standard InChI is InChI=1S/C7H9NOS/c1-2-3-6(9)7-4-8-5-10-7/h4-5H,2-3H2,1H3. The van der Waals surface area contributed by atoms with Crippen LogP contribution in [0, 0.1) is 0 Å². The van der Waals surface area contributed by atoms with Crippen LogP contribution >= 0.6 is 11.3 Å². The first-order valence-electron chi connectivity index (χ1n) is 3.26. The van der Waals surface area contributed by atoms with Gasteiger partial charge in [0.05, 0.1) is 10.4 Å². The Kier molecular flexibility index (Phi) is 2.57. The zero-order valence-corrected chi connectivity index (χ0v) is 6.65. The van der Waals surface area contributed by atoms with Crippen molar-refractivity contribution in [2.24, 2.45) is 0 Å². The van der Waals surface area contributed by atoms with Crippen LogP contribution in [0.15, 0.2) is 11.7 Å². The molecule has 0 saturated heterocycles. The second-order valence-corrected chi connectivity index (χ2v) is 2.93. The molecule has 0 bridgehead atoms. The highest BCUT2D eigenvalue weighted by Crippen LogP contribution is 2.09. The molecule has 0 N–H and O–H groups in total. The third-order valence-electron chi connectivity index (χ3n) is 1.18. The fourth-order valence-electron chi connectivity index (χ4n) is 0.704. The molecule has 2 nitrogen and oxygen atoms in total. The van der Waals surface area contributed by atoms with E-state index in [1.807, 2.05) is 6.92 Å². The van der Waals surface area contributed by atoms with Gasteiger partial charge in [0.2, 0.25) is 0 Å². The Morgan fingerprint density at radius 1 is 1.80 bits per heavy atom. The first-order valence-corrected chi connectivity index (χ1v) is 4.14. The molecule has 0 aliphatic carbocycles. The molecule has 0 radical (unpaired) electrons. The van der Waals surface area contributed by atoms with Crippen LogP contribution in [0.25, 0.3) is 0 Å². The molecule has 1 rings (SSSR count). The molecule has 10 heavy (non-hydrogen) atoms. The van der Waals surface area contributed by atoms with Crippen molar-refractivity contribution >= 4 is 17.1 Å². The summed E-state index contributed by atoms with van der Waals surface area (Å²) in [7, 11) is 0. The number of carbonyl (C=O) groups excluding carboxylic acids is 1. The van der Waals surface area contributed by atoms with Crippen LogP contribution in [-0.2, 0) is 0 Å². The quantitative estimate of drug-likeness (QED) is 0.626. The Balaban J connectivity index is 2.59. The number of carbonyl (C=O) groups is 1. The molecule has 0 aliphatic heterocycles. The van der Waals surface area contributed by atoms with Gasteiger partial charge in [0.25, 0.3) is 0 Å². The number of hydrogen-bond donors (Lipinski definition) is 0. The topological polar surface area (TPSA) is 30.0 Å². The number of aromatic nitrogens is 1. The largest absolute Gasteiger partial charge is 0.293 e. The van der Waals surface area contributed by atoms with Crippen LogP contribution in [0.2, 0.25) is 0 Å². The number of thiazole rings is 1. The first-order chi connectivity index (χ1) is 4.84. The molecule has 0 spiro atoms. The minimum atomic E-state index is 0.213. The average molecular weight is 155 g/mol. The van der Waals surface area contributed by atoms with Gasteiger partial charge in [-0.3, -0.25) is 9.78 Å². The van der Waals surface area contributed by atoms with Crippen molar-refractivity contribution in [3.05, 3.63) is 16.6 Å². The zero-order chi connectivity index (χ0) is 7.40. The van der Waals surface area contributed by atoms with E-state index in [1.54, 1.807) is 11.7 Å². The third-order valence-corrected chi connectivity index (χ3v) is 2.00. The van der Waals surface area contributed by atoms with E-state index in [2.05, 4.69) is 4.98 Å².